The SMILES string of the molecule is CN(CC(F)(F)F)c1ccc(CCl)cc1[N+](=O)[O-]. The van der Waals surface area contributed by atoms with E-state index in [4.69, 9.17) is 11.6 Å². The predicted molar refractivity (Wildman–Crippen MR) is 62.0 cm³/mol. The Kier molecular flexibility index (Phi) is 4.39. The lowest BCUT2D eigenvalue weighted by atomic mass is 10.2. The zero-order chi connectivity index (χ0) is 13.9. The number of alkyl halides is 4. The highest BCUT2D eigenvalue weighted by atomic mass is 35.5. The quantitative estimate of drug-likeness (QED) is 0.483. The molecular formula is C10H10ClF3N2O2. The first-order chi connectivity index (χ1) is 8.24. The Morgan fingerprint density at radius 3 is 2.50 bits per heavy atom. The van der Waals surface area contributed by atoms with Crippen LogP contribution in [0.3, 0.4) is 0 Å². The Morgan fingerprint density at radius 1 is 1.44 bits per heavy atom. The normalized spacial score (nSPS) is 11.4. The molecule has 0 atom stereocenters. The van der Waals surface area contributed by atoms with Crippen LogP contribution in [-0.4, -0.2) is 24.7 Å². The van der Waals surface area contributed by atoms with E-state index in [0.29, 0.717) is 5.56 Å². The van der Waals surface area contributed by atoms with Crippen molar-refractivity contribution in [3.8, 4) is 0 Å². The molecule has 0 aliphatic heterocycles. The van der Waals surface area contributed by atoms with Crippen molar-refractivity contribution in [3.05, 3.63) is 33.9 Å². The second kappa shape index (κ2) is 5.43. The van der Waals surface area contributed by atoms with E-state index >= 15 is 0 Å². The largest absolute Gasteiger partial charge is 0.405 e. The van der Waals surface area contributed by atoms with E-state index in [1.165, 1.54) is 18.2 Å². The summed E-state index contributed by atoms with van der Waals surface area (Å²) in [6, 6.07) is 3.90. The molecule has 0 fully saturated rings. The molecule has 18 heavy (non-hydrogen) atoms. The molecule has 1 aromatic carbocycles. The molecule has 0 radical (unpaired) electrons. The van der Waals surface area contributed by atoms with Gasteiger partial charge in [-0.3, -0.25) is 10.1 Å². The topological polar surface area (TPSA) is 46.4 Å². The minimum Gasteiger partial charge on any atom is -0.360 e. The van der Waals surface area contributed by atoms with Gasteiger partial charge in [0.2, 0.25) is 0 Å². The first-order valence-corrected chi connectivity index (χ1v) is 5.39. The summed E-state index contributed by atoms with van der Waals surface area (Å²) in [7, 11) is 1.15. The molecule has 4 nitrogen and oxygen atoms in total. The monoisotopic (exact) mass is 282 g/mol. The van der Waals surface area contributed by atoms with Gasteiger partial charge in [0, 0.05) is 19.0 Å². The van der Waals surface area contributed by atoms with Gasteiger partial charge in [0.05, 0.1) is 4.92 Å². The maximum absolute atomic E-state index is 12.2. The van der Waals surface area contributed by atoms with E-state index in [1.54, 1.807) is 0 Å². The zero-order valence-electron chi connectivity index (χ0n) is 9.37. The predicted octanol–water partition coefficient (Wildman–Crippen LogP) is 3.33. The smallest absolute Gasteiger partial charge is 0.360 e. The number of nitrogens with zero attached hydrogens (tertiary/aromatic N) is 2. The molecule has 0 bridgehead atoms. The summed E-state index contributed by atoms with van der Waals surface area (Å²) in [5.74, 6) is 0.0596. The number of rotatable bonds is 4. The second-order valence-corrected chi connectivity index (χ2v) is 3.95. The molecule has 0 unspecified atom stereocenters. The molecule has 0 amide bonds. The third-order valence-corrected chi connectivity index (χ3v) is 2.53. The van der Waals surface area contributed by atoms with Crippen molar-refractivity contribution >= 4 is 23.0 Å². The Labute approximate surface area is 106 Å². The number of benzene rings is 1. The Morgan fingerprint density at radius 2 is 2.06 bits per heavy atom. The highest BCUT2D eigenvalue weighted by Gasteiger charge is 2.31. The van der Waals surface area contributed by atoms with E-state index in [1.807, 2.05) is 0 Å². The molecule has 0 saturated carbocycles. The Hall–Kier alpha value is -1.50. The number of nitro groups is 1. The van der Waals surface area contributed by atoms with E-state index in [2.05, 4.69) is 0 Å². The first kappa shape index (κ1) is 14.6. The van der Waals surface area contributed by atoms with Gasteiger partial charge in [0.1, 0.15) is 12.2 Å². The minimum absolute atomic E-state index is 0.0596. The average Bonchev–Trinajstić information content (AvgIpc) is 2.25. The Balaban J connectivity index is 3.11. The standard InChI is InChI=1S/C10H10ClF3N2O2/c1-15(6-10(12,13)14)8-3-2-7(5-11)4-9(8)16(17)18/h2-4H,5-6H2,1H3. The van der Waals surface area contributed by atoms with Crippen LogP contribution >= 0.6 is 11.6 Å². The van der Waals surface area contributed by atoms with E-state index in [0.717, 1.165) is 11.9 Å². The molecule has 0 aromatic heterocycles. The molecule has 0 N–H and O–H groups in total. The zero-order valence-corrected chi connectivity index (χ0v) is 10.1. The van der Waals surface area contributed by atoms with Crippen molar-refractivity contribution in [2.75, 3.05) is 18.5 Å². The minimum atomic E-state index is -4.42. The fourth-order valence-electron chi connectivity index (χ4n) is 1.48. The van der Waals surface area contributed by atoms with Crippen molar-refractivity contribution in [3.63, 3.8) is 0 Å². The number of halogens is 4. The summed E-state index contributed by atoms with van der Waals surface area (Å²) in [6.07, 6.45) is -4.42. The lowest BCUT2D eigenvalue weighted by Gasteiger charge is -2.20. The maximum atomic E-state index is 12.2. The lowest BCUT2D eigenvalue weighted by molar-refractivity contribution is -0.384. The van der Waals surface area contributed by atoms with E-state index in [-0.39, 0.29) is 17.3 Å². The number of hydrogen-bond acceptors (Lipinski definition) is 3. The van der Waals surface area contributed by atoms with E-state index in [9.17, 15) is 23.3 Å². The van der Waals surface area contributed by atoms with Crippen LogP contribution in [0.5, 0.6) is 0 Å². The molecule has 0 heterocycles. The highest BCUT2D eigenvalue weighted by Crippen LogP contribution is 2.30. The van der Waals surface area contributed by atoms with Crippen LogP contribution in [0.1, 0.15) is 5.56 Å². The first-order valence-electron chi connectivity index (χ1n) is 4.86. The van der Waals surface area contributed by atoms with Crippen molar-refractivity contribution in [1.29, 1.82) is 0 Å². The van der Waals surface area contributed by atoms with Crippen molar-refractivity contribution in [2.24, 2.45) is 0 Å². The fourth-order valence-corrected chi connectivity index (χ4v) is 1.64. The molecule has 8 heteroatoms. The van der Waals surface area contributed by atoms with Gasteiger partial charge < -0.3 is 4.90 Å². The van der Waals surface area contributed by atoms with Crippen molar-refractivity contribution < 1.29 is 18.1 Å². The van der Waals surface area contributed by atoms with Crippen molar-refractivity contribution in [1.82, 2.24) is 0 Å². The van der Waals surface area contributed by atoms with Gasteiger partial charge in [0.25, 0.3) is 5.69 Å². The number of anilines is 1. The summed E-state index contributed by atoms with van der Waals surface area (Å²) < 4.78 is 36.7. The second-order valence-electron chi connectivity index (χ2n) is 3.69. The molecule has 1 rings (SSSR count). The summed E-state index contributed by atoms with van der Waals surface area (Å²) in [6.45, 7) is -1.26. The third-order valence-electron chi connectivity index (χ3n) is 2.22. The van der Waals surface area contributed by atoms with Gasteiger partial charge in [0.15, 0.2) is 0 Å². The maximum Gasteiger partial charge on any atom is 0.405 e. The van der Waals surface area contributed by atoms with Crippen LogP contribution in [0.4, 0.5) is 24.5 Å². The number of hydrogen-bond donors (Lipinski definition) is 0. The summed E-state index contributed by atoms with van der Waals surface area (Å²) in [4.78, 5) is 10.9. The molecule has 0 aliphatic carbocycles. The van der Waals surface area contributed by atoms with Crippen LogP contribution in [0.25, 0.3) is 0 Å². The summed E-state index contributed by atoms with van der Waals surface area (Å²) >= 11 is 5.53. The van der Waals surface area contributed by atoms with Gasteiger partial charge in [-0.25, -0.2) is 0 Å². The number of nitro benzene ring substituents is 1. The highest BCUT2D eigenvalue weighted by molar-refractivity contribution is 6.17. The van der Waals surface area contributed by atoms with Crippen LogP contribution < -0.4 is 4.90 Å². The summed E-state index contributed by atoms with van der Waals surface area (Å²) in [5, 5.41) is 10.8. The average molecular weight is 283 g/mol. The summed E-state index contributed by atoms with van der Waals surface area (Å²) in [5.41, 5.74) is -0.00128. The van der Waals surface area contributed by atoms with Crippen molar-refractivity contribution in [2.45, 2.75) is 12.1 Å². The molecule has 1 aromatic rings. The van der Waals surface area contributed by atoms with E-state index < -0.39 is 17.6 Å². The third kappa shape index (κ3) is 3.76. The molecular weight excluding hydrogens is 273 g/mol. The van der Waals surface area contributed by atoms with Crippen LogP contribution in [-0.2, 0) is 5.88 Å². The molecule has 0 saturated heterocycles. The molecule has 100 valence electrons. The fraction of sp³-hybridized carbons (Fsp3) is 0.400. The molecule has 0 aliphatic rings. The lowest BCUT2D eigenvalue weighted by Crippen LogP contribution is -2.31. The van der Waals surface area contributed by atoms with Gasteiger partial charge >= 0.3 is 6.18 Å². The van der Waals surface area contributed by atoms with Gasteiger partial charge in [-0.05, 0) is 11.6 Å². The van der Waals surface area contributed by atoms with Gasteiger partial charge in [-0.2, -0.15) is 13.2 Å². The van der Waals surface area contributed by atoms with Crippen LogP contribution in [0, 0.1) is 10.1 Å². The van der Waals surface area contributed by atoms with Crippen LogP contribution in [0.2, 0.25) is 0 Å². The van der Waals surface area contributed by atoms with Gasteiger partial charge in [-0.1, -0.05) is 6.07 Å². The van der Waals surface area contributed by atoms with Gasteiger partial charge in [-0.15, -0.1) is 11.6 Å². The molecule has 0 spiro atoms. The Bertz CT molecular complexity index is 451. The van der Waals surface area contributed by atoms with Crippen LogP contribution in [0.15, 0.2) is 18.2 Å².